The van der Waals surface area contributed by atoms with Gasteiger partial charge in [-0.1, -0.05) is 6.92 Å². The lowest BCUT2D eigenvalue weighted by atomic mass is 10.0. The third kappa shape index (κ3) is 3.16. The number of morpholine rings is 1. The van der Waals surface area contributed by atoms with E-state index in [1.165, 1.54) is 5.56 Å². The van der Waals surface area contributed by atoms with E-state index in [9.17, 15) is 0 Å². The van der Waals surface area contributed by atoms with Gasteiger partial charge >= 0.3 is 0 Å². The van der Waals surface area contributed by atoms with Crippen LogP contribution in [0.25, 0.3) is 0 Å². The van der Waals surface area contributed by atoms with E-state index in [0.29, 0.717) is 6.54 Å². The summed E-state index contributed by atoms with van der Waals surface area (Å²) in [6.07, 6.45) is 3.59. The number of nitrogens with two attached hydrogens (primary N) is 1. The van der Waals surface area contributed by atoms with Gasteiger partial charge in [0.2, 0.25) is 0 Å². The fraction of sp³-hybridized carbons (Fsp3) is 0.786. The molecule has 1 saturated heterocycles. The number of nitrogens with zero attached hydrogens (tertiary/aromatic N) is 3. The maximum absolute atomic E-state index is 6.04. The van der Waals surface area contributed by atoms with Gasteiger partial charge in [-0.15, -0.1) is 0 Å². The van der Waals surface area contributed by atoms with E-state index < -0.39 is 0 Å². The zero-order chi connectivity index (χ0) is 14.0. The van der Waals surface area contributed by atoms with Crippen molar-refractivity contribution in [2.75, 3.05) is 19.6 Å². The van der Waals surface area contributed by atoms with Crippen LogP contribution in [0.5, 0.6) is 0 Å². The van der Waals surface area contributed by atoms with Crippen LogP contribution >= 0.6 is 0 Å². The molecule has 5 nitrogen and oxygen atoms in total. The van der Waals surface area contributed by atoms with Crippen molar-refractivity contribution in [3.8, 4) is 0 Å². The van der Waals surface area contributed by atoms with E-state index >= 15 is 0 Å². The van der Waals surface area contributed by atoms with Crippen molar-refractivity contribution in [2.24, 2.45) is 12.8 Å². The Kier molecular flexibility index (Phi) is 4.60. The monoisotopic (exact) mass is 266 g/mol. The van der Waals surface area contributed by atoms with Gasteiger partial charge in [0.15, 0.2) is 0 Å². The van der Waals surface area contributed by atoms with Crippen molar-refractivity contribution in [1.29, 1.82) is 0 Å². The lowest BCUT2D eigenvalue weighted by Gasteiger charge is -2.39. The van der Waals surface area contributed by atoms with Gasteiger partial charge in [-0.2, -0.15) is 5.10 Å². The quantitative estimate of drug-likeness (QED) is 0.886. The van der Waals surface area contributed by atoms with Gasteiger partial charge in [0, 0.05) is 38.4 Å². The largest absolute Gasteiger partial charge is 0.373 e. The summed E-state index contributed by atoms with van der Waals surface area (Å²) < 4.78 is 7.70. The van der Waals surface area contributed by atoms with Gasteiger partial charge in [0.25, 0.3) is 0 Å². The van der Waals surface area contributed by atoms with Crippen LogP contribution in [0.1, 0.15) is 38.1 Å². The van der Waals surface area contributed by atoms with Gasteiger partial charge in [-0.3, -0.25) is 9.58 Å². The zero-order valence-corrected chi connectivity index (χ0v) is 12.5. The van der Waals surface area contributed by atoms with Crippen LogP contribution in [0.2, 0.25) is 0 Å². The molecule has 0 aromatic carbocycles. The molecule has 0 saturated carbocycles. The highest BCUT2D eigenvalue weighted by Gasteiger charge is 2.30. The normalized spacial score (nSPS) is 26.6. The fourth-order valence-electron chi connectivity index (χ4n) is 3.05. The molecule has 2 rings (SSSR count). The van der Waals surface area contributed by atoms with Crippen LogP contribution in [-0.2, 0) is 18.2 Å². The summed E-state index contributed by atoms with van der Waals surface area (Å²) in [4.78, 5) is 2.44. The van der Waals surface area contributed by atoms with E-state index in [1.54, 1.807) is 0 Å². The van der Waals surface area contributed by atoms with E-state index in [2.05, 4.69) is 37.0 Å². The van der Waals surface area contributed by atoms with E-state index in [4.69, 9.17) is 10.5 Å². The minimum atomic E-state index is 0.248. The molecule has 1 aliphatic heterocycles. The molecule has 5 heteroatoms. The second-order valence-electron chi connectivity index (χ2n) is 5.52. The van der Waals surface area contributed by atoms with Crippen LogP contribution < -0.4 is 5.73 Å². The molecule has 3 unspecified atom stereocenters. The summed E-state index contributed by atoms with van der Waals surface area (Å²) in [5, 5.41) is 4.53. The predicted octanol–water partition coefficient (Wildman–Crippen LogP) is 1.09. The Morgan fingerprint density at radius 2 is 2.05 bits per heavy atom. The van der Waals surface area contributed by atoms with Crippen LogP contribution in [0.3, 0.4) is 0 Å². The molecule has 0 bridgehead atoms. The van der Waals surface area contributed by atoms with Crippen LogP contribution in [0.15, 0.2) is 6.20 Å². The van der Waals surface area contributed by atoms with Crippen LogP contribution in [-0.4, -0.2) is 46.5 Å². The molecule has 1 aromatic heterocycles. The summed E-state index contributed by atoms with van der Waals surface area (Å²) in [5.41, 5.74) is 8.47. The third-order valence-electron chi connectivity index (χ3n) is 3.74. The first-order valence-electron chi connectivity index (χ1n) is 7.17. The molecule has 0 amide bonds. The Bertz CT molecular complexity index is 408. The van der Waals surface area contributed by atoms with Crippen LogP contribution in [0, 0.1) is 0 Å². The molecule has 0 radical (unpaired) electrons. The highest BCUT2D eigenvalue weighted by atomic mass is 16.5. The molecular weight excluding hydrogens is 240 g/mol. The second kappa shape index (κ2) is 6.03. The summed E-state index contributed by atoms with van der Waals surface area (Å²) >= 11 is 0. The minimum absolute atomic E-state index is 0.248. The minimum Gasteiger partial charge on any atom is -0.373 e. The average Bonchev–Trinajstić information content (AvgIpc) is 2.70. The molecule has 1 fully saturated rings. The lowest BCUT2D eigenvalue weighted by molar-refractivity contribution is -0.0800. The second-order valence-corrected chi connectivity index (χ2v) is 5.52. The van der Waals surface area contributed by atoms with E-state index in [1.807, 2.05) is 11.7 Å². The predicted molar refractivity (Wildman–Crippen MR) is 76.0 cm³/mol. The number of rotatable bonds is 4. The van der Waals surface area contributed by atoms with Crippen molar-refractivity contribution in [2.45, 2.75) is 45.4 Å². The smallest absolute Gasteiger partial charge is 0.0678 e. The first-order chi connectivity index (χ1) is 9.05. The molecule has 0 aliphatic carbocycles. The average molecular weight is 266 g/mol. The Morgan fingerprint density at radius 1 is 1.42 bits per heavy atom. The number of aromatic nitrogens is 2. The zero-order valence-electron chi connectivity index (χ0n) is 12.5. The topological polar surface area (TPSA) is 56.3 Å². The lowest BCUT2D eigenvalue weighted by Crippen LogP contribution is -2.48. The third-order valence-corrected chi connectivity index (χ3v) is 3.74. The molecule has 3 atom stereocenters. The van der Waals surface area contributed by atoms with Crippen molar-refractivity contribution in [3.63, 3.8) is 0 Å². The summed E-state index contributed by atoms with van der Waals surface area (Å²) in [6, 6.07) is 0.248. The summed E-state index contributed by atoms with van der Waals surface area (Å²) in [6.45, 7) is 8.89. The first kappa shape index (κ1) is 14.5. The Morgan fingerprint density at radius 3 is 2.58 bits per heavy atom. The van der Waals surface area contributed by atoms with Crippen molar-refractivity contribution >= 4 is 0 Å². The summed E-state index contributed by atoms with van der Waals surface area (Å²) in [7, 11) is 1.97. The molecule has 19 heavy (non-hydrogen) atoms. The maximum atomic E-state index is 6.04. The Hall–Kier alpha value is -0.910. The molecule has 1 aromatic rings. The number of hydrogen-bond acceptors (Lipinski definition) is 4. The molecule has 1 aliphatic rings. The highest BCUT2D eigenvalue weighted by molar-refractivity contribution is 5.22. The molecule has 2 heterocycles. The van der Waals surface area contributed by atoms with E-state index in [-0.39, 0.29) is 18.2 Å². The highest BCUT2D eigenvalue weighted by Crippen LogP contribution is 2.26. The van der Waals surface area contributed by atoms with Gasteiger partial charge in [-0.05, 0) is 20.3 Å². The molecule has 2 N–H and O–H groups in total. The number of aryl methyl sites for hydroxylation is 2. The standard InChI is InChI=1S/C14H26N4O/c1-5-13-12(9-17(4)16-13)14(6-15)18-7-10(2)19-11(3)8-18/h9-11,14H,5-8,15H2,1-4H3. The van der Waals surface area contributed by atoms with Gasteiger partial charge in [0.05, 0.1) is 23.9 Å². The first-order valence-corrected chi connectivity index (χ1v) is 7.17. The van der Waals surface area contributed by atoms with Gasteiger partial charge < -0.3 is 10.5 Å². The maximum Gasteiger partial charge on any atom is 0.0678 e. The van der Waals surface area contributed by atoms with Crippen molar-refractivity contribution < 1.29 is 4.74 Å². The summed E-state index contributed by atoms with van der Waals surface area (Å²) in [5.74, 6) is 0. The Labute approximate surface area is 115 Å². The number of hydrogen-bond donors (Lipinski definition) is 1. The van der Waals surface area contributed by atoms with E-state index in [0.717, 1.165) is 25.2 Å². The van der Waals surface area contributed by atoms with Gasteiger partial charge in [0.1, 0.15) is 0 Å². The van der Waals surface area contributed by atoms with Crippen molar-refractivity contribution in [3.05, 3.63) is 17.5 Å². The number of ether oxygens (including phenoxy) is 1. The van der Waals surface area contributed by atoms with Gasteiger partial charge in [-0.25, -0.2) is 0 Å². The fourth-order valence-corrected chi connectivity index (χ4v) is 3.05. The van der Waals surface area contributed by atoms with Crippen molar-refractivity contribution in [1.82, 2.24) is 14.7 Å². The van der Waals surface area contributed by atoms with Crippen LogP contribution in [0.4, 0.5) is 0 Å². The molecular formula is C14H26N4O. The molecule has 0 spiro atoms. The SMILES string of the molecule is CCc1nn(C)cc1C(CN)N1CC(C)OC(C)C1. The Balaban J connectivity index is 2.23. The molecule has 108 valence electrons.